The molecule has 1 saturated heterocycles. The van der Waals surface area contributed by atoms with Crippen molar-refractivity contribution in [2.75, 3.05) is 26.2 Å². The van der Waals surface area contributed by atoms with Crippen LogP contribution in [-0.2, 0) is 0 Å². The first-order valence-electron chi connectivity index (χ1n) is 7.13. The van der Waals surface area contributed by atoms with Gasteiger partial charge in [-0.2, -0.15) is 0 Å². The van der Waals surface area contributed by atoms with Crippen molar-refractivity contribution in [1.29, 1.82) is 0 Å². The van der Waals surface area contributed by atoms with E-state index in [9.17, 15) is 9.90 Å². The first-order valence-corrected chi connectivity index (χ1v) is 8.30. The third kappa shape index (κ3) is 3.33. The minimum absolute atomic E-state index is 0.161. The molecule has 0 aliphatic carbocycles. The Labute approximate surface area is 150 Å². The summed E-state index contributed by atoms with van der Waals surface area (Å²) < 4.78 is 6.37. The number of nitrogens with zero attached hydrogens (tertiary/aromatic N) is 3. The second kappa shape index (κ2) is 6.96. The van der Waals surface area contributed by atoms with E-state index >= 15 is 0 Å². The Balaban J connectivity index is 1.83. The van der Waals surface area contributed by atoms with E-state index < -0.39 is 6.09 Å². The Kier molecular flexibility index (Phi) is 4.93. The monoisotopic (exact) mass is 416 g/mol. The lowest BCUT2D eigenvalue weighted by Gasteiger charge is -2.31. The molecule has 1 atom stereocenters. The number of ether oxygens (including phenoxy) is 1. The maximum absolute atomic E-state index is 11.1. The number of aromatic nitrogens is 2. The highest BCUT2D eigenvalue weighted by molar-refractivity contribution is 9.10. The summed E-state index contributed by atoms with van der Waals surface area (Å²) >= 11 is 9.52. The van der Waals surface area contributed by atoms with E-state index in [-0.39, 0.29) is 18.5 Å². The van der Waals surface area contributed by atoms with E-state index in [1.54, 1.807) is 6.07 Å². The van der Waals surface area contributed by atoms with Crippen molar-refractivity contribution in [3.8, 4) is 11.6 Å². The summed E-state index contributed by atoms with van der Waals surface area (Å²) in [6.45, 7) is 1.54. The highest BCUT2D eigenvalue weighted by atomic mass is 79.9. The van der Waals surface area contributed by atoms with Gasteiger partial charge in [0.15, 0.2) is 0 Å². The third-order valence-corrected chi connectivity index (χ3v) is 4.95. The van der Waals surface area contributed by atoms with Crippen molar-refractivity contribution >= 4 is 44.5 Å². The maximum Gasteiger partial charge on any atom is 0.407 e. The van der Waals surface area contributed by atoms with Crippen LogP contribution in [0.5, 0.6) is 11.6 Å². The molecule has 2 heterocycles. The van der Waals surface area contributed by atoms with Crippen LogP contribution >= 0.6 is 27.5 Å². The van der Waals surface area contributed by atoms with Crippen molar-refractivity contribution in [2.24, 2.45) is 0 Å². The number of halogens is 2. The Hall–Kier alpha value is -1.84. The maximum atomic E-state index is 11.1. The van der Waals surface area contributed by atoms with Crippen LogP contribution < -0.4 is 10.1 Å². The van der Waals surface area contributed by atoms with E-state index in [1.807, 2.05) is 0 Å². The molecule has 2 aromatic rings. The summed E-state index contributed by atoms with van der Waals surface area (Å²) in [6, 6.07) is 1.47. The first kappa shape index (κ1) is 17.0. The van der Waals surface area contributed by atoms with Crippen LogP contribution in [0.2, 0.25) is 5.02 Å². The smallest absolute Gasteiger partial charge is 0.407 e. The number of nitrogens with one attached hydrogen (secondary N) is 1. The van der Waals surface area contributed by atoms with Crippen molar-refractivity contribution < 1.29 is 19.7 Å². The number of carboxylic acid groups (broad SMARTS) is 1. The number of amides is 1. The fraction of sp³-hybridized carbons (Fsp3) is 0.357. The molecule has 10 heteroatoms. The molecule has 1 aromatic carbocycles. The van der Waals surface area contributed by atoms with E-state index in [0.717, 1.165) is 0 Å². The molecule has 1 aliphatic heterocycles. The van der Waals surface area contributed by atoms with E-state index in [1.165, 1.54) is 11.2 Å². The second-order valence-corrected chi connectivity index (χ2v) is 6.51. The molecule has 1 amide bonds. The number of rotatable bonds is 3. The average molecular weight is 418 g/mol. The Morgan fingerprint density at radius 1 is 1.54 bits per heavy atom. The molecule has 24 heavy (non-hydrogen) atoms. The molecule has 3 rings (SSSR count). The molecule has 0 saturated carbocycles. The standard InChI is InChI=1S/C14H14BrClN4O4/c15-8-3-9(10-12(11(8)16)18-6-19-13(10)21)24-5-7-4-20(14(22)23)2-1-17-7/h3,6-7,17H,1-2,4-5H2,(H,22,23)(H,18,19,21). The lowest BCUT2D eigenvalue weighted by atomic mass is 10.2. The normalized spacial score (nSPS) is 17.9. The molecule has 0 spiro atoms. The highest BCUT2D eigenvalue weighted by Gasteiger charge is 2.24. The fourth-order valence-corrected chi connectivity index (χ4v) is 3.14. The number of benzene rings is 1. The summed E-state index contributed by atoms with van der Waals surface area (Å²) in [4.78, 5) is 20.2. The van der Waals surface area contributed by atoms with Crippen molar-refractivity contribution in [1.82, 2.24) is 20.2 Å². The van der Waals surface area contributed by atoms with Crippen LogP contribution in [0.1, 0.15) is 0 Å². The van der Waals surface area contributed by atoms with Gasteiger partial charge in [0.2, 0.25) is 5.88 Å². The lowest BCUT2D eigenvalue weighted by Crippen LogP contribution is -2.54. The zero-order chi connectivity index (χ0) is 17.3. The number of piperazine rings is 1. The molecular weight excluding hydrogens is 404 g/mol. The summed E-state index contributed by atoms with van der Waals surface area (Å²) in [5.41, 5.74) is 0.373. The molecular formula is C14H14BrClN4O4. The van der Waals surface area contributed by atoms with Gasteiger partial charge in [-0.15, -0.1) is 0 Å². The van der Waals surface area contributed by atoms with Crippen LogP contribution in [-0.4, -0.2) is 63.5 Å². The molecule has 8 nitrogen and oxygen atoms in total. The number of carbonyl (C=O) groups is 1. The van der Waals surface area contributed by atoms with Crippen LogP contribution in [0.3, 0.4) is 0 Å². The van der Waals surface area contributed by atoms with Crippen molar-refractivity contribution in [2.45, 2.75) is 6.04 Å². The zero-order valence-electron chi connectivity index (χ0n) is 12.4. The van der Waals surface area contributed by atoms with Gasteiger partial charge in [0.25, 0.3) is 0 Å². The molecule has 3 N–H and O–H groups in total. The Bertz CT molecular complexity index is 791. The zero-order valence-corrected chi connectivity index (χ0v) is 14.7. The van der Waals surface area contributed by atoms with Gasteiger partial charge in [0.1, 0.15) is 29.6 Å². The number of hydrogen-bond donors (Lipinski definition) is 3. The van der Waals surface area contributed by atoms with E-state index in [0.29, 0.717) is 45.8 Å². The first-order chi connectivity index (χ1) is 11.5. The van der Waals surface area contributed by atoms with Gasteiger partial charge < -0.3 is 25.2 Å². The lowest BCUT2D eigenvalue weighted by molar-refractivity contribution is 0.118. The van der Waals surface area contributed by atoms with Crippen molar-refractivity contribution in [3.63, 3.8) is 0 Å². The van der Waals surface area contributed by atoms with Gasteiger partial charge in [-0.05, 0) is 22.0 Å². The van der Waals surface area contributed by atoms with Gasteiger partial charge in [-0.25, -0.2) is 14.8 Å². The molecule has 1 aromatic heterocycles. The Morgan fingerprint density at radius 2 is 2.33 bits per heavy atom. The predicted octanol–water partition coefficient (Wildman–Crippen LogP) is 2.08. The van der Waals surface area contributed by atoms with Gasteiger partial charge in [0.05, 0.1) is 11.1 Å². The summed E-state index contributed by atoms with van der Waals surface area (Å²) in [5, 5.41) is 23.0. The number of hydrogen-bond acceptors (Lipinski definition) is 6. The second-order valence-electron chi connectivity index (χ2n) is 5.28. The minimum atomic E-state index is -0.952. The summed E-state index contributed by atoms with van der Waals surface area (Å²) in [7, 11) is 0. The molecule has 128 valence electrons. The largest absolute Gasteiger partial charge is 0.493 e. The Morgan fingerprint density at radius 3 is 3.08 bits per heavy atom. The molecule has 1 fully saturated rings. The van der Waals surface area contributed by atoms with E-state index in [4.69, 9.17) is 21.4 Å². The SMILES string of the molecule is O=C(O)N1CCNC(COc2cc(Br)c(Cl)c3ncnc(O)c23)C1. The summed E-state index contributed by atoms with van der Waals surface area (Å²) in [6.07, 6.45) is 0.264. The van der Waals surface area contributed by atoms with Crippen LogP contribution in [0.25, 0.3) is 10.9 Å². The predicted molar refractivity (Wildman–Crippen MR) is 90.8 cm³/mol. The van der Waals surface area contributed by atoms with Gasteiger partial charge in [0, 0.05) is 24.1 Å². The van der Waals surface area contributed by atoms with Crippen LogP contribution in [0, 0.1) is 0 Å². The van der Waals surface area contributed by atoms with E-state index in [2.05, 4.69) is 31.2 Å². The van der Waals surface area contributed by atoms with Gasteiger partial charge in [-0.1, -0.05) is 11.6 Å². The van der Waals surface area contributed by atoms with Gasteiger partial charge >= 0.3 is 6.09 Å². The van der Waals surface area contributed by atoms with Crippen LogP contribution in [0.15, 0.2) is 16.9 Å². The molecule has 0 radical (unpaired) electrons. The minimum Gasteiger partial charge on any atom is -0.493 e. The summed E-state index contributed by atoms with van der Waals surface area (Å²) in [5.74, 6) is 0.141. The number of fused-ring (bicyclic) bond motifs is 1. The number of aromatic hydroxyl groups is 1. The molecule has 0 bridgehead atoms. The topological polar surface area (TPSA) is 108 Å². The molecule has 1 unspecified atom stereocenters. The molecule has 1 aliphatic rings. The average Bonchev–Trinajstić information content (AvgIpc) is 2.57. The van der Waals surface area contributed by atoms with Gasteiger partial charge in [-0.3, -0.25) is 0 Å². The van der Waals surface area contributed by atoms with Crippen molar-refractivity contribution in [3.05, 3.63) is 21.9 Å². The van der Waals surface area contributed by atoms with Crippen LogP contribution in [0.4, 0.5) is 4.79 Å². The quantitative estimate of drug-likeness (QED) is 0.702. The third-order valence-electron chi connectivity index (χ3n) is 3.72. The highest BCUT2D eigenvalue weighted by Crippen LogP contribution is 2.39. The fourth-order valence-electron chi connectivity index (χ4n) is 2.55.